The van der Waals surface area contributed by atoms with Gasteiger partial charge in [0, 0.05) is 20.2 Å². The summed E-state index contributed by atoms with van der Waals surface area (Å²) in [5.41, 5.74) is 1.68. The van der Waals surface area contributed by atoms with E-state index in [0.717, 1.165) is 5.56 Å². The molecule has 1 aromatic heterocycles. The average Bonchev–Trinajstić information content (AvgIpc) is 2.79. The SMILES string of the molecule is CNC(=O)C(=O)c1c[nH]c2cc(C)cc(OC(C)=O)c12. The number of carbonyl (C=O) groups excluding carboxylic acids is 3. The highest BCUT2D eigenvalue weighted by Gasteiger charge is 2.22. The Bertz CT molecular complexity index is 715. The van der Waals surface area contributed by atoms with Crippen LogP contribution in [0.25, 0.3) is 10.9 Å². The summed E-state index contributed by atoms with van der Waals surface area (Å²) in [7, 11) is 1.38. The first-order valence-corrected chi connectivity index (χ1v) is 6.00. The summed E-state index contributed by atoms with van der Waals surface area (Å²) in [6.45, 7) is 3.12. The number of fused-ring (bicyclic) bond motifs is 1. The number of hydrogen-bond donors (Lipinski definition) is 2. The Balaban J connectivity index is 2.66. The van der Waals surface area contributed by atoms with E-state index in [1.807, 2.05) is 13.0 Å². The second kappa shape index (κ2) is 5.16. The van der Waals surface area contributed by atoms with Crippen molar-refractivity contribution in [2.24, 2.45) is 0 Å². The molecule has 1 aromatic carbocycles. The maximum atomic E-state index is 12.0. The number of rotatable bonds is 3. The van der Waals surface area contributed by atoms with E-state index >= 15 is 0 Å². The van der Waals surface area contributed by atoms with Gasteiger partial charge in [-0.3, -0.25) is 14.4 Å². The van der Waals surface area contributed by atoms with Crippen molar-refractivity contribution in [1.29, 1.82) is 0 Å². The molecule has 6 nitrogen and oxygen atoms in total. The number of carbonyl (C=O) groups is 3. The van der Waals surface area contributed by atoms with E-state index in [9.17, 15) is 14.4 Å². The van der Waals surface area contributed by atoms with Gasteiger partial charge in [0.25, 0.3) is 11.7 Å². The van der Waals surface area contributed by atoms with Crippen LogP contribution in [0.3, 0.4) is 0 Å². The number of Topliss-reactive ketones (excluding diaryl/α,β-unsaturated/α-hetero) is 1. The minimum atomic E-state index is -0.722. The second-order valence-corrected chi connectivity index (χ2v) is 4.39. The van der Waals surface area contributed by atoms with Gasteiger partial charge < -0.3 is 15.0 Å². The number of esters is 1. The molecule has 0 aliphatic carbocycles. The van der Waals surface area contributed by atoms with Gasteiger partial charge in [-0.1, -0.05) is 0 Å². The lowest BCUT2D eigenvalue weighted by Crippen LogP contribution is -2.27. The number of amides is 1. The van der Waals surface area contributed by atoms with Crippen LogP contribution in [0.4, 0.5) is 0 Å². The van der Waals surface area contributed by atoms with E-state index in [4.69, 9.17) is 4.74 Å². The Morgan fingerprint density at radius 3 is 2.55 bits per heavy atom. The monoisotopic (exact) mass is 274 g/mol. The molecule has 0 radical (unpaired) electrons. The van der Waals surface area contributed by atoms with E-state index in [0.29, 0.717) is 10.9 Å². The highest BCUT2D eigenvalue weighted by molar-refractivity contribution is 6.45. The van der Waals surface area contributed by atoms with Crippen molar-refractivity contribution in [2.75, 3.05) is 7.05 Å². The lowest BCUT2D eigenvalue weighted by Gasteiger charge is -2.06. The van der Waals surface area contributed by atoms with Crippen LogP contribution in [0.2, 0.25) is 0 Å². The van der Waals surface area contributed by atoms with Gasteiger partial charge in [-0.15, -0.1) is 0 Å². The topological polar surface area (TPSA) is 88.3 Å². The van der Waals surface area contributed by atoms with Gasteiger partial charge in [-0.05, 0) is 24.6 Å². The summed E-state index contributed by atoms with van der Waals surface area (Å²) in [6.07, 6.45) is 1.44. The number of benzene rings is 1. The van der Waals surface area contributed by atoms with Crippen LogP contribution in [-0.4, -0.2) is 29.7 Å². The zero-order chi connectivity index (χ0) is 14.9. The number of H-pyrrole nitrogens is 1. The third-order valence-corrected chi connectivity index (χ3v) is 2.82. The van der Waals surface area contributed by atoms with E-state index in [1.54, 1.807) is 6.07 Å². The van der Waals surface area contributed by atoms with Crippen LogP contribution in [0.5, 0.6) is 5.75 Å². The lowest BCUT2D eigenvalue weighted by molar-refractivity contribution is -0.131. The number of aryl methyl sites for hydroxylation is 1. The van der Waals surface area contributed by atoms with Gasteiger partial charge in [-0.25, -0.2) is 0 Å². The van der Waals surface area contributed by atoms with Gasteiger partial charge >= 0.3 is 5.97 Å². The van der Waals surface area contributed by atoms with Gasteiger partial charge in [-0.2, -0.15) is 0 Å². The van der Waals surface area contributed by atoms with E-state index in [-0.39, 0.29) is 11.3 Å². The van der Waals surface area contributed by atoms with Gasteiger partial charge in [0.15, 0.2) is 0 Å². The van der Waals surface area contributed by atoms with Crippen molar-refractivity contribution >= 4 is 28.6 Å². The van der Waals surface area contributed by atoms with Crippen LogP contribution in [0, 0.1) is 6.92 Å². The molecule has 0 saturated heterocycles. The fraction of sp³-hybridized carbons (Fsp3) is 0.214. The summed E-state index contributed by atoms with van der Waals surface area (Å²) in [4.78, 5) is 37.5. The third kappa shape index (κ3) is 2.40. The van der Waals surface area contributed by atoms with Crippen molar-refractivity contribution < 1.29 is 19.1 Å². The molecule has 2 rings (SSSR count). The van der Waals surface area contributed by atoms with Crippen LogP contribution >= 0.6 is 0 Å². The molecular formula is C14H14N2O4. The number of ketones is 1. The number of aromatic nitrogens is 1. The van der Waals surface area contributed by atoms with Gasteiger partial charge in [0.1, 0.15) is 5.75 Å². The molecule has 2 aromatic rings. The lowest BCUT2D eigenvalue weighted by atomic mass is 10.1. The highest BCUT2D eigenvalue weighted by Crippen LogP contribution is 2.31. The Morgan fingerprint density at radius 1 is 1.25 bits per heavy atom. The van der Waals surface area contributed by atoms with Crippen molar-refractivity contribution in [3.63, 3.8) is 0 Å². The first-order chi connectivity index (χ1) is 9.43. The first kappa shape index (κ1) is 13.8. The van der Waals surface area contributed by atoms with Gasteiger partial charge in [0.05, 0.1) is 16.5 Å². The number of nitrogens with one attached hydrogen (secondary N) is 2. The van der Waals surface area contributed by atoms with Gasteiger partial charge in [0.2, 0.25) is 0 Å². The average molecular weight is 274 g/mol. The molecule has 2 N–H and O–H groups in total. The number of ether oxygens (including phenoxy) is 1. The van der Waals surface area contributed by atoms with E-state index < -0.39 is 17.7 Å². The summed E-state index contributed by atoms with van der Waals surface area (Å²) in [5, 5.41) is 2.71. The van der Waals surface area contributed by atoms with Crippen LogP contribution in [-0.2, 0) is 9.59 Å². The molecule has 1 heterocycles. The van der Waals surface area contributed by atoms with E-state index in [1.165, 1.54) is 20.2 Å². The molecule has 0 aliphatic heterocycles. The largest absolute Gasteiger partial charge is 0.426 e. The minimum Gasteiger partial charge on any atom is -0.426 e. The maximum absolute atomic E-state index is 12.0. The molecule has 1 amide bonds. The molecule has 0 aliphatic rings. The zero-order valence-corrected chi connectivity index (χ0v) is 11.4. The standard InChI is InChI=1S/C14H14N2O4/c1-7-4-10-12(11(5-7)20-8(2)17)9(6-16-10)13(18)14(19)15-3/h4-6,16H,1-3H3,(H,15,19). The highest BCUT2D eigenvalue weighted by atomic mass is 16.5. The summed E-state index contributed by atoms with van der Waals surface area (Å²) in [5.74, 6) is -1.63. The Hall–Kier alpha value is -2.63. The summed E-state index contributed by atoms with van der Waals surface area (Å²) >= 11 is 0. The fourth-order valence-electron chi connectivity index (χ4n) is 2.02. The minimum absolute atomic E-state index is 0.176. The molecule has 6 heteroatoms. The normalized spacial score (nSPS) is 10.3. The molecule has 0 bridgehead atoms. The Morgan fingerprint density at radius 2 is 1.95 bits per heavy atom. The first-order valence-electron chi connectivity index (χ1n) is 6.00. The quantitative estimate of drug-likeness (QED) is 0.382. The van der Waals surface area contributed by atoms with Crippen LogP contribution in [0.15, 0.2) is 18.3 Å². The molecule has 0 atom stereocenters. The third-order valence-electron chi connectivity index (χ3n) is 2.82. The van der Waals surface area contributed by atoms with Crippen molar-refractivity contribution in [1.82, 2.24) is 10.3 Å². The predicted octanol–water partition coefficient (Wildman–Crippen LogP) is 1.33. The molecule has 104 valence electrons. The number of aromatic amines is 1. The smallest absolute Gasteiger partial charge is 0.308 e. The molecule has 0 saturated carbocycles. The summed E-state index contributed by atoms with van der Waals surface area (Å²) in [6, 6.07) is 3.46. The molecule has 0 unspecified atom stereocenters. The van der Waals surface area contributed by atoms with E-state index in [2.05, 4.69) is 10.3 Å². The second-order valence-electron chi connectivity index (χ2n) is 4.39. The van der Waals surface area contributed by atoms with Crippen LogP contribution in [0.1, 0.15) is 22.8 Å². The summed E-state index contributed by atoms with van der Waals surface area (Å²) < 4.78 is 5.13. The molecule has 20 heavy (non-hydrogen) atoms. The molecule has 0 fully saturated rings. The van der Waals surface area contributed by atoms with Crippen molar-refractivity contribution in [2.45, 2.75) is 13.8 Å². The van der Waals surface area contributed by atoms with Crippen molar-refractivity contribution in [3.8, 4) is 5.75 Å². The Labute approximate surface area is 115 Å². The molecule has 0 spiro atoms. The predicted molar refractivity (Wildman–Crippen MR) is 72.7 cm³/mol. The molecular weight excluding hydrogens is 260 g/mol. The zero-order valence-electron chi connectivity index (χ0n) is 11.4. The van der Waals surface area contributed by atoms with Crippen LogP contribution < -0.4 is 10.1 Å². The maximum Gasteiger partial charge on any atom is 0.308 e. The number of hydrogen-bond acceptors (Lipinski definition) is 4. The van der Waals surface area contributed by atoms with Crippen molar-refractivity contribution in [3.05, 3.63) is 29.5 Å². The Kier molecular flexibility index (Phi) is 3.56. The fourth-order valence-corrected chi connectivity index (χ4v) is 2.02. The number of likely N-dealkylation sites (N-methyl/N-ethyl adjacent to an activating group) is 1.